The van der Waals surface area contributed by atoms with Crippen LogP contribution in [0.3, 0.4) is 0 Å². The Hall–Kier alpha value is -1.05. The van der Waals surface area contributed by atoms with Gasteiger partial charge in [-0.2, -0.15) is 0 Å². The van der Waals surface area contributed by atoms with E-state index in [0.29, 0.717) is 165 Å². The fourth-order valence-electron chi connectivity index (χ4n) is 3.02. The zero-order valence-corrected chi connectivity index (χ0v) is 27.2. The van der Waals surface area contributed by atoms with Gasteiger partial charge >= 0.3 is 0 Å². The zero-order valence-electron chi connectivity index (χ0n) is 27.2. The Bertz CT molecular complexity index is 553. The molecule has 0 aliphatic heterocycles. The molecule has 15 heteroatoms. The maximum atomic E-state index is 11.5. The molecule has 15 nitrogen and oxygen atoms in total. The van der Waals surface area contributed by atoms with Crippen LogP contribution in [0.25, 0.3) is 0 Å². The van der Waals surface area contributed by atoms with Crippen LogP contribution >= 0.6 is 0 Å². The van der Waals surface area contributed by atoms with Gasteiger partial charge in [0.25, 0.3) is 0 Å². The first-order chi connectivity index (χ1) is 21.8. The Morgan fingerprint density at radius 1 is 0.386 bits per heavy atom. The largest absolute Gasteiger partial charge is 0.382 e. The SMILES string of the molecule is CNCCNC(=O)CCOCCOCCOCCOCCOCCOCCOCCOCCOCCOCCOCCOC. The highest BCUT2D eigenvalue weighted by Gasteiger charge is 2.00. The molecular weight excluding hydrogens is 584 g/mol. The fourth-order valence-corrected chi connectivity index (χ4v) is 3.02. The van der Waals surface area contributed by atoms with Crippen molar-refractivity contribution in [3.8, 4) is 0 Å². The van der Waals surface area contributed by atoms with Gasteiger partial charge in [0.2, 0.25) is 5.91 Å². The van der Waals surface area contributed by atoms with Crippen LogP contribution in [0.4, 0.5) is 0 Å². The average molecular weight is 645 g/mol. The Morgan fingerprint density at radius 2 is 0.636 bits per heavy atom. The molecule has 0 saturated heterocycles. The number of likely N-dealkylation sites (N-methyl/N-ethyl adjacent to an activating group) is 1. The number of ether oxygens (including phenoxy) is 12. The van der Waals surface area contributed by atoms with E-state index in [1.807, 2.05) is 7.05 Å². The van der Waals surface area contributed by atoms with Gasteiger partial charge in [-0.1, -0.05) is 0 Å². The minimum Gasteiger partial charge on any atom is -0.382 e. The minimum atomic E-state index is -0.0120. The third-order valence-corrected chi connectivity index (χ3v) is 5.32. The smallest absolute Gasteiger partial charge is 0.222 e. The highest BCUT2D eigenvalue weighted by molar-refractivity contribution is 5.75. The molecule has 0 heterocycles. The van der Waals surface area contributed by atoms with Crippen LogP contribution in [-0.4, -0.2) is 185 Å². The summed E-state index contributed by atoms with van der Waals surface area (Å²) in [4.78, 5) is 11.5. The van der Waals surface area contributed by atoms with Crippen LogP contribution in [0, 0.1) is 0 Å². The summed E-state index contributed by atoms with van der Waals surface area (Å²) in [5, 5.41) is 5.76. The molecule has 2 N–H and O–H groups in total. The van der Waals surface area contributed by atoms with Crippen LogP contribution in [0.15, 0.2) is 0 Å². The molecule has 0 atom stereocenters. The minimum absolute atomic E-state index is 0.0120. The van der Waals surface area contributed by atoms with E-state index in [-0.39, 0.29) is 5.91 Å². The highest BCUT2D eigenvalue weighted by Crippen LogP contribution is 1.88. The molecule has 0 spiro atoms. The monoisotopic (exact) mass is 644 g/mol. The lowest BCUT2D eigenvalue weighted by atomic mass is 10.4. The standard InChI is InChI=1S/C29H60N2O13/c1-30-4-5-31-29(32)3-6-34-9-10-36-13-14-38-17-18-40-21-22-42-25-26-44-28-27-43-24-23-41-20-19-39-16-15-37-12-11-35-8-7-33-2/h30H,3-28H2,1-2H3,(H,31,32). The molecule has 1 amide bonds. The second-order valence-corrected chi connectivity index (χ2v) is 8.93. The van der Waals surface area contributed by atoms with Crippen molar-refractivity contribution in [3.05, 3.63) is 0 Å². The van der Waals surface area contributed by atoms with Gasteiger partial charge in [0.1, 0.15) is 0 Å². The molecule has 0 aliphatic rings. The van der Waals surface area contributed by atoms with Gasteiger partial charge < -0.3 is 67.5 Å². The number of hydrogen-bond donors (Lipinski definition) is 2. The first kappa shape index (κ1) is 43.0. The molecule has 0 rings (SSSR count). The molecule has 0 radical (unpaired) electrons. The average Bonchev–Trinajstić information content (AvgIpc) is 3.03. The van der Waals surface area contributed by atoms with E-state index in [9.17, 15) is 4.79 Å². The van der Waals surface area contributed by atoms with E-state index in [0.717, 1.165) is 6.54 Å². The molecule has 0 bridgehead atoms. The second-order valence-electron chi connectivity index (χ2n) is 8.93. The third kappa shape index (κ3) is 39.0. The van der Waals surface area contributed by atoms with Crippen molar-refractivity contribution in [1.82, 2.24) is 10.6 Å². The van der Waals surface area contributed by atoms with Gasteiger partial charge in [0, 0.05) is 26.6 Å². The first-order valence-electron chi connectivity index (χ1n) is 15.6. The molecule has 0 saturated carbocycles. The van der Waals surface area contributed by atoms with E-state index in [2.05, 4.69) is 10.6 Å². The number of carbonyl (C=O) groups excluding carboxylic acids is 1. The summed E-state index contributed by atoms with van der Waals surface area (Å²) in [5.74, 6) is -0.0120. The molecule has 0 aromatic rings. The van der Waals surface area contributed by atoms with Crippen molar-refractivity contribution in [2.45, 2.75) is 6.42 Å². The molecular formula is C29H60N2O13. The van der Waals surface area contributed by atoms with Crippen LogP contribution in [0.1, 0.15) is 6.42 Å². The van der Waals surface area contributed by atoms with Crippen molar-refractivity contribution in [3.63, 3.8) is 0 Å². The van der Waals surface area contributed by atoms with Gasteiger partial charge in [-0.3, -0.25) is 4.79 Å². The molecule has 264 valence electrons. The number of carbonyl (C=O) groups is 1. The van der Waals surface area contributed by atoms with Crippen molar-refractivity contribution in [1.29, 1.82) is 0 Å². The number of methoxy groups -OCH3 is 1. The fraction of sp³-hybridized carbons (Fsp3) is 0.966. The molecule has 44 heavy (non-hydrogen) atoms. The summed E-state index contributed by atoms with van der Waals surface area (Å²) in [7, 11) is 3.49. The summed E-state index contributed by atoms with van der Waals surface area (Å²) < 4.78 is 64.6. The summed E-state index contributed by atoms with van der Waals surface area (Å²) in [6, 6.07) is 0. The van der Waals surface area contributed by atoms with E-state index < -0.39 is 0 Å². The van der Waals surface area contributed by atoms with Crippen molar-refractivity contribution >= 4 is 5.91 Å². The zero-order chi connectivity index (χ0) is 31.9. The highest BCUT2D eigenvalue weighted by atomic mass is 16.6. The quantitative estimate of drug-likeness (QED) is 0.0831. The lowest BCUT2D eigenvalue weighted by Crippen LogP contribution is -2.31. The predicted octanol–water partition coefficient (Wildman–Crippen LogP) is -0.459. The molecule has 0 aromatic heterocycles. The second kappa shape index (κ2) is 40.0. The summed E-state index contributed by atoms with van der Waals surface area (Å²) >= 11 is 0. The molecule has 0 aromatic carbocycles. The van der Waals surface area contributed by atoms with Gasteiger partial charge in [-0.05, 0) is 7.05 Å². The lowest BCUT2D eigenvalue weighted by molar-refractivity contribution is -0.122. The number of hydrogen-bond acceptors (Lipinski definition) is 14. The maximum Gasteiger partial charge on any atom is 0.222 e. The van der Waals surface area contributed by atoms with E-state index in [1.54, 1.807) is 7.11 Å². The van der Waals surface area contributed by atoms with Crippen molar-refractivity contribution in [2.75, 3.05) is 179 Å². The van der Waals surface area contributed by atoms with Crippen molar-refractivity contribution in [2.24, 2.45) is 0 Å². The number of nitrogens with one attached hydrogen (secondary N) is 2. The van der Waals surface area contributed by atoms with Gasteiger partial charge in [-0.15, -0.1) is 0 Å². The van der Waals surface area contributed by atoms with Gasteiger partial charge in [0.05, 0.1) is 152 Å². The molecule has 0 unspecified atom stereocenters. The lowest BCUT2D eigenvalue weighted by Gasteiger charge is -2.09. The Kier molecular flexibility index (Phi) is 39.0. The molecule has 0 fully saturated rings. The number of amides is 1. The van der Waals surface area contributed by atoms with E-state index >= 15 is 0 Å². The van der Waals surface area contributed by atoms with Gasteiger partial charge in [0.15, 0.2) is 0 Å². The summed E-state index contributed by atoms with van der Waals surface area (Å²) in [5.41, 5.74) is 0. The Morgan fingerprint density at radius 3 is 0.886 bits per heavy atom. The van der Waals surface area contributed by atoms with Crippen molar-refractivity contribution < 1.29 is 61.6 Å². The van der Waals surface area contributed by atoms with Crippen LogP contribution in [-0.2, 0) is 61.6 Å². The summed E-state index contributed by atoms with van der Waals surface area (Å²) in [6.45, 7) is 13.0. The normalized spacial score (nSPS) is 11.4. The van der Waals surface area contributed by atoms with E-state index in [1.165, 1.54) is 0 Å². The first-order valence-corrected chi connectivity index (χ1v) is 15.6. The van der Waals surface area contributed by atoms with Crippen LogP contribution in [0.2, 0.25) is 0 Å². The number of rotatable bonds is 39. The third-order valence-electron chi connectivity index (χ3n) is 5.32. The topological polar surface area (TPSA) is 152 Å². The van der Waals surface area contributed by atoms with Crippen LogP contribution < -0.4 is 10.6 Å². The van der Waals surface area contributed by atoms with Crippen LogP contribution in [0.5, 0.6) is 0 Å². The summed E-state index contributed by atoms with van der Waals surface area (Å²) in [6.07, 6.45) is 0.350. The van der Waals surface area contributed by atoms with E-state index in [4.69, 9.17) is 56.8 Å². The Balaban J connectivity index is 3.07. The van der Waals surface area contributed by atoms with Gasteiger partial charge in [-0.25, -0.2) is 0 Å². The Labute approximate surface area is 264 Å². The molecule has 0 aliphatic carbocycles. The predicted molar refractivity (Wildman–Crippen MR) is 162 cm³/mol. The maximum absolute atomic E-state index is 11.5.